The predicted molar refractivity (Wildman–Crippen MR) is 98.7 cm³/mol. The third-order valence-corrected chi connectivity index (χ3v) is 4.24. The van der Waals surface area contributed by atoms with Crippen LogP contribution in [0.15, 0.2) is 36.4 Å². The van der Waals surface area contributed by atoms with E-state index in [4.69, 9.17) is 14.5 Å². The van der Waals surface area contributed by atoms with Gasteiger partial charge >= 0.3 is 32.6 Å². The molecule has 0 saturated heterocycles. The zero-order valence-electron chi connectivity index (χ0n) is 16.1. The molecule has 2 aromatic carbocycles. The van der Waals surface area contributed by atoms with Crippen molar-refractivity contribution in [3.63, 3.8) is 0 Å². The monoisotopic (exact) mass is 440 g/mol. The van der Waals surface area contributed by atoms with Crippen LogP contribution in [0.1, 0.15) is 23.1 Å². The van der Waals surface area contributed by atoms with Gasteiger partial charge in [-0.3, -0.25) is 10.9 Å². The topological polar surface area (TPSA) is 83.8 Å². The molecule has 0 radical (unpaired) electrons. The van der Waals surface area contributed by atoms with Crippen molar-refractivity contribution in [3.8, 4) is 11.5 Å². The van der Waals surface area contributed by atoms with Crippen molar-refractivity contribution in [3.05, 3.63) is 72.8 Å². The van der Waals surface area contributed by atoms with Crippen molar-refractivity contribution in [1.82, 2.24) is 0 Å². The summed E-state index contributed by atoms with van der Waals surface area (Å²) in [6.45, 7) is 7.55. The fourth-order valence-electron chi connectivity index (χ4n) is 2.03. The molecule has 0 fully saturated rings. The first kappa shape index (κ1) is 28.2. The van der Waals surface area contributed by atoms with E-state index in [0.29, 0.717) is 29.9 Å². The zero-order valence-corrected chi connectivity index (χ0v) is 17.0. The summed E-state index contributed by atoms with van der Waals surface area (Å²) in [5.41, 5.74) is 0.316. The quantitative estimate of drug-likeness (QED) is 0.310. The molecule has 0 aliphatic heterocycles. The molecule has 2 N–H and O–H groups in total. The third kappa shape index (κ3) is 9.83. The molecule has 0 spiro atoms. The van der Waals surface area contributed by atoms with E-state index in [1.807, 2.05) is 0 Å². The molecule has 0 heterocycles. The van der Waals surface area contributed by atoms with Gasteiger partial charge in [-0.05, 0) is 18.2 Å². The van der Waals surface area contributed by atoms with Gasteiger partial charge in [0.25, 0.3) is 0 Å². The van der Waals surface area contributed by atoms with E-state index in [1.54, 1.807) is 18.2 Å². The summed E-state index contributed by atoms with van der Waals surface area (Å²) in [5, 5.41) is 0. The van der Waals surface area contributed by atoms with Crippen LogP contribution < -0.4 is 23.6 Å². The number of hydrogen-bond donors (Lipinski definition) is 2. The molecule has 2 aromatic rings. The van der Waals surface area contributed by atoms with Crippen LogP contribution in [0.3, 0.4) is 0 Å². The molecule has 0 aliphatic carbocycles. The van der Waals surface area contributed by atoms with Gasteiger partial charge in [-0.2, -0.15) is 31.2 Å². The molecule has 0 amide bonds. The van der Waals surface area contributed by atoms with Gasteiger partial charge in [-0.25, -0.2) is 10.8 Å². The number of hydrogen-bond acceptors (Lipinski definition) is 3. The fourth-order valence-corrected chi connectivity index (χ4v) is 2.41. The van der Waals surface area contributed by atoms with E-state index in [-0.39, 0.29) is 31.0 Å². The second kappa shape index (κ2) is 12.2. The Kier molecular flexibility index (Phi) is 11.5. The third-order valence-electron chi connectivity index (χ3n) is 3.43. The maximum atomic E-state index is 13.4. The summed E-state index contributed by atoms with van der Waals surface area (Å²) in [4.78, 5) is 25.5. The van der Waals surface area contributed by atoms with Crippen molar-refractivity contribution in [1.29, 1.82) is 0 Å². The second-order valence-corrected chi connectivity index (χ2v) is 7.48. The van der Waals surface area contributed by atoms with Crippen LogP contribution in [0.4, 0.5) is 17.6 Å². The standard InChI is InChI=1S/C16H12F4O.C3H6O4P.Li/c1-3-11-4-5-12(8-10(11)2)21-13-6-7-14(15(17)9-13)16(18,19)20;4-2-1-3-8(5,6)7;/h4-9H,1-3H2;1,3H2,(H2,5,6,7);/q-2;-1;+1. The summed E-state index contributed by atoms with van der Waals surface area (Å²) in [5.74, 6) is -1.01. The molecule has 0 saturated carbocycles. The summed E-state index contributed by atoms with van der Waals surface area (Å²) >= 11 is 0. The Balaban J connectivity index is 0.000000801. The van der Waals surface area contributed by atoms with E-state index in [2.05, 4.69) is 13.8 Å². The van der Waals surface area contributed by atoms with Crippen LogP contribution in [-0.2, 0) is 22.0 Å². The molecule has 0 aliphatic rings. The molecular weight excluding hydrogens is 422 g/mol. The molecule has 0 aromatic heterocycles. The van der Waals surface area contributed by atoms with Gasteiger partial charge in [-0.1, -0.05) is 0 Å². The van der Waals surface area contributed by atoms with Crippen molar-refractivity contribution >= 4 is 13.9 Å². The molecule has 160 valence electrons. The van der Waals surface area contributed by atoms with Crippen LogP contribution in [-0.4, -0.2) is 22.2 Å². The van der Waals surface area contributed by atoms with Gasteiger partial charge in [0.05, 0.1) is 11.3 Å². The molecule has 11 heteroatoms. The Morgan fingerprint density at radius 3 is 2.07 bits per heavy atom. The Labute approximate surface area is 183 Å². The number of halogens is 4. The summed E-state index contributed by atoms with van der Waals surface area (Å²) in [7, 11) is -3.94. The average molecular weight is 440 g/mol. The summed E-state index contributed by atoms with van der Waals surface area (Å²) < 4.78 is 66.0. The maximum Gasteiger partial charge on any atom is 1.00 e. The van der Waals surface area contributed by atoms with E-state index in [9.17, 15) is 26.9 Å². The van der Waals surface area contributed by atoms with Crippen LogP contribution in [0, 0.1) is 19.7 Å². The van der Waals surface area contributed by atoms with Gasteiger partial charge < -0.3 is 26.2 Å². The SMILES string of the molecule is O=[C-]CCP(=O)(O)O.[CH2-]Cc1ccc(Oc2ccc(C(F)(F)F)c(F)c2)cc1[CH2-].[Li+]. The number of alkyl halides is 3. The Morgan fingerprint density at radius 1 is 1.10 bits per heavy atom. The van der Waals surface area contributed by atoms with Gasteiger partial charge in [0, 0.05) is 12.2 Å². The van der Waals surface area contributed by atoms with Crippen LogP contribution in [0.5, 0.6) is 11.5 Å². The first-order valence-corrected chi connectivity index (χ1v) is 9.85. The fraction of sp³-hybridized carbons (Fsp3) is 0.211. The number of benzene rings is 2. The normalized spacial score (nSPS) is 11.0. The second-order valence-electron chi connectivity index (χ2n) is 5.70. The van der Waals surface area contributed by atoms with Crippen molar-refractivity contribution in [2.75, 3.05) is 6.16 Å². The van der Waals surface area contributed by atoms with Gasteiger partial charge in [0.1, 0.15) is 11.6 Å². The summed E-state index contributed by atoms with van der Waals surface area (Å²) in [6, 6.07) is 7.44. The Morgan fingerprint density at radius 2 is 1.67 bits per heavy atom. The Hall–Kier alpha value is -1.75. The average Bonchev–Trinajstić information content (AvgIpc) is 2.59. The van der Waals surface area contributed by atoms with Crippen LogP contribution in [0.25, 0.3) is 0 Å². The number of rotatable bonds is 6. The number of carbonyl (C=O) groups excluding carboxylic acids is 1. The van der Waals surface area contributed by atoms with Crippen molar-refractivity contribution < 1.29 is 60.3 Å². The smallest absolute Gasteiger partial charge is 0.542 e. The predicted octanol–water partition coefficient (Wildman–Crippen LogP) is 1.86. The molecule has 0 bridgehead atoms. The number of ether oxygens (including phenoxy) is 1. The molecule has 5 nitrogen and oxygen atoms in total. The minimum Gasteiger partial charge on any atom is -0.542 e. The van der Waals surface area contributed by atoms with Crippen molar-refractivity contribution in [2.45, 2.75) is 19.0 Å². The van der Waals surface area contributed by atoms with E-state index in [1.165, 1.54) is 6.29 Å². The molecule has 2 rings (SSSR count). The first-order valence-electron chi connectivity index (χ1n) is 8.05. The van der Waals surface area contributed by atoms with Gasteiger partial charge in [0.2, 0.25) is 0 Å². The minimum absolute atomic E-state index is 0. The van der Waals surface area contributed by atoms with Crippen LogP contribution >= 0.6 is 7.60 Å². The van der Waals surface area contributed by atoms with E-state index in [0.717, 1.165) is 11.6 Å². The maximum absolute atomic E-state index is 13.4. The summed E-state index contributed by atoms with van der Waals surface area (Å²) in [6.07, 6.45) is -3.36. The van der Waals surface area contributed by atoms with E-state index < -0.39 is 31.3 Å². The molecular formula is C19H18F4LiO5P-2. The van der Waals surface area contributed by atoms with Crippen molar-refractivity contribution in [2.24, 2.45) is 0 Å². The zero-order chi connectivity index (χ0) is 22.2. The van der Waals surface area contributed by atoms with Gasteiger partial charge in [0.15, 0.2) is 0 Å². The largest absolute Gasteiger partial charge is 1.00 e. The molecule has 30 heavy (non-hydrogen) atoms. The van der Waals surface area contributed by atoms with Gasteiger partial charge in [-0.15, -0.1) is 18.6 Å². The minimum atomic E-state index is -4.72. The van der Waals surface area contributed by atoms with Crippen LogP contribution in [0.2, 0.25) is 0 Å². The molecule has 0 atom stereocenters. The Bertz CT molecular complexity index is 884. The first-order chi connectivity index (χ1) is 13.4. The van der Waals surface area contributed by atoms with E-state index >= 15 is 0 Å². The molecule has 0 unspecified atom stereocenters.